The normalized spacial score (nSPS) is 14.3. The molecule has 0 spiro atoms. The Morgan fingerprint density at radius 3 is 2.41 bits per heavy atom. The first-order chi connectivity index (χ1) is 10.6. The monoisotopic (exact) mass is 300 g/mol. The fourth-order valence-corrected chi connectivity index (χ4v) is 2.45. The Labute approximate surface area is 130 Å². The van der Waals surface area contributed by atoms with Crippen molar-refractivity contribution in [2.45, 2.75) is 25.8 Å². The van der Waals surface area contributed by atoms with E-state index in [1.165, 1.54) is 4.90 Å². The SMILES string of the molecule is C=CCN(Cc1ccccc1)C(=O)CCN1C(=O)CCC1=O. The molecule has 5 nitrogen and oxygen atoms in total. The Hall–Kier alpha value is -2.43. The maximum Gasteiger partial charge on any atom is 0.229 e. The minimum absolute atomic E-state index is 0.0868. The molecule has 0 unspecified atom stereocenters. The third-order valence-corrected chi connectivity index (χ3v) is 3.62. The lowest BCUT2D eigenvalue weighted by atomic mass is 10.2. The second-order valence-electron chi connectivity index (χ2n) is 5.24. The van der Waals surface area contributed by atoms with Crippen molar-refractivity contribution in [3.8, 4) is 0 Å². The van der Waals surface area contributed by atoms with Crippen molar-refractivity contribution >= 4 is 17.7 Å². The van der Waals surface area contributed by atoms with Crippen LogP contribution in [0.1, 0.15) is 24.8 Å². The lowest BCUT2D eigenvalue weighted by molar-refractivity contribution is -0.139. The fraction of sp³-hybridized carbons (Fsp3) is 0.353. The molecule has 1 fully saturated rings. The number of imide groups is 1. The summed E-state index contributed by atoms with van der Waals surface area (Å²) >= 11 is 0. The van der Waals surface area contributed by atoms with Crippen molar-refractivity contribution in [2.24, 2.45) is 0 Å². The van der Waals surface area contributed by atoms with Gasteiger partial charge < -0.3 is 4.90 Å². The van der Waals surface area contributed by atoms with Crippen LogP contribution in [0.4, 0.5) is 0 Å². The molecule has 1 aliphatic rings. The van der Waals surface area contributed by atoms with Crippen LogP contribution in [-0.2, 0) is 20.9 Å². The molecule has 5 heteroatoms. The number of hydrogen-bond acceptors (Lipinski definition) is 3. The van der Waals surface area contributed by atoms with E-state index in [1.54, 1.807) is 11.0 Å². The highest BCUT2D eigenvalue weighted by atomic mass is 16.2. The number of rotatable bonds is 7. The summed E-state index contributed by atoms with van der Waals surface area (Å²) in [6.07, 6.45) is 2.34. The summed E-state index contributed by atoms with van der Waals surface area (Å²) in [5.74, 6) is -0.455. The number of carbonyl (C=O) groups excluding carboxylic acids is 3. The summed E-state index contributed by atoms with van der Waals surface area (Å²) in [4.78, 5) is 38.3. The molecule has 22 heavy (non-hydrogen) atoms. The van der Waals surface area contributed by atoms with Gasteiger partial charge in [0.1, 0.15) is 0 Å². The van der Waals surface area contributed by atoms with Gasteiger partial charge in [-0.25, -0.2) is 0 Å². The molecule has 0 bridgehead atoms. The van der Waals surface area contributed by atoms with Crippen LogP contribution >= 0.6 is 0 Å². The van der Waals surface area contributed by atoms with Crippen LogP contribution in [0.3, 0.4) is 0 Å². The molecule has 1 aromatic rings. The first kappa shape index (κ1) is 15.9. The smallest absolute Gasteiger partial charge is 0.229 e. The molecule has 0 radical (unpaired) electrons. The molecule has 0 saturated carbocycles. The van der Waals surface area contributed by atoms with Gasteiger partial charge in [-0.2, -0.15) is 0 Å². The number of benzene rings is 1. The molecule has 116 valence electrons. The van der Waals surface area contributed by atoms with Crippen LogP contribution in [0.25, 0.3) is 0 Å². The Balaban J connectivity index is 1.93. The van der Waals surface area contributed by atoms with Crippen molar-refractivity contribution < 1.29 is 14.4 Å². The Morgan fingerprint density at radius 2 is 1.82 bits per heavy atom. The quantitative estimate of drug-likeness (QED) is 0.569. The molecule has 3 amide bonds. The highest BCUT2D eigenvalue weighted by molar-refractivity contribution is 6.02. The summed E-state index contributed by atoms with van der Waals surface area (Å²) in [5.41, 5.74) is 1.03. The van der Waals surface area contributed by atoms with E-state index in [1.807, 2.05) is 30.3 Å². The second kappa shape index (κ2) is 7.54. The first-order valence-electron chi connectivity index (χ1n) is 7.37. The maximum absolute atomic E-state index is 12.3. The second-order valence-corrected chi connectivity index (χ2v) is 5.24. The molecule has 0 atom stereocenters. The van der Waals surface area contributed by atoms with Gasteiger partial charge in [-0.15, -0.1) is 6.58 Å². The average molecular weight is 300 g/mol. The van der Waals surface area contributed by atoms with Crippen molar-refractivity contribution in [1.29, 1.82) is 0 Å². The molecule has 1 aliphatic heterocycles. The minimum Gasteiger partial charge on any atom is -0.335 e. The highest BCUT2D eigenvalue weighted by Crippen LogP contribution is 2.13. The summed E-state index contributed by atoms with van der Waals surface area (Å²) in [6.45, 7) is 4.77. The molecule has 0 aromatic heterocycles. The molecule has 1 heterocycles. The van der Waals surface area contributed by atoms with Crippen LogP contribution in [-0.4, -0.2) is 40.6 Å². The first-order valence-corrected chi connectivity index (χ1v) is 7.37. The van der Waals surface area contributed by atoms with Gasteiger partial charge in [-0.3, -0.25) is 19.3 Å². The van der Waals surface area contributed by atoms with Gasteiger partial charge >= 0.3 is 0 Å². The third kappa shape index (κ3) is 4.04. The van der Waals surface area contributed by atoms with E-state index in [-0.39, 0.29) is 43.5 Å². The summed E-state index contributed by atoms with van der Waals surface area (Å²) in [7, 11) is 0. The van der Waals surface area contributed by atoms with E-state index in [0.29, 0.717) is 13.1 Å². The van der Waals surface area contributed by atoms with Crippen molar-refractivity contribution in [3.05, 3.63) is 48.6 Å². The average Bonchev–Trinajstić information content (AvgIpc) is 2.84. The number of carbonyl (C=O) groups is 3. The molecule has 1 saturated heterocycles. The molecule has 1 aromatic carbocycles. The van der Waals surface area contributed by atoms with E-state index in [4.69, 9.17) is 0 Å². The third-order valence-electron chi connectivity index (χ3n) is 3.62. The van der Waals surface area contributed by atoms with E-state index in [9.17, 15) is 14.4 Å². The number of hydrogen-bond donors (Lipinski definition) is 0. The van der Waals surface area contributed by atoms with Gasteiger partial charge in [0.15, 0.2) is 0 Å². The number of nitrogens with zero attached hydrogens (tertiary/aromatic N) is 2. The zero-order valence-electron chi connectivity index (χ0n) is 12.5. The van der Waals surface area contributed by atoms with Crippen molar-refractivity contribution in [3.63, 3.8) is 0 Å². The lowest BCUT2D eigenvalue weighted by Gasteiger charge is -2.22. The van der Waals surface area contributed by atoms with Gasteiger partial charge in [0, 0.05) is 38.9 Å². The van der Waals surface area contributed by atoms with Gasteiger partial charge in [0.2, 0.25) is 17.7 Å². The summed E-state index contributed by atoms with van der Waals surface area (Å²) in [5, 5.41) is 0. The van der Waals surface area contributed by atoms with E-state index in [0.717, 1.165) is 5.56 Å². The predicted octanol–water partition coefficient (Wildman–Crippen LogP) is 1.74. The van der Waals surface area contributed by atoms with Gasteiger partial charge in [-0.05, 0) is 5.56 Å². The molecule has 2 rings (SSSR count). The summed E-state index contributed by atoms with van der Waals surface area (Å²) in [6, 6.07) is 9.68. The fourth-order valence-electron chi connectivity index (χ4n) is 2.45. The van der Waals surface area contributed by atoms with Gasteiger partial charge in [-0.1, -0.05) is 36.4 Å². The van der Waals surface area contributed by atoms with Crippen LogP contribution in [0.15, 0.2) is 43.0 Å². The predicted molar refractivity (Wildman–Crippen MR) is 82.6 cm³/mol. The Bertz CT molecular complexity index is 553. The van der Waals surface area contributed by atoms with Crippen LogP contribution in [0.5, 0.6) is 0 Å². The molecule has 0 aliphatic carbocycles. The van der Waals surface area contributed by atoms with Gasteiger partial charge in [0.05, 0.1) is 0 Å². The largest absolute Gasteiger partial charge is 0.335 e. The minimum atomic E-state index is -0.184. The van der Waals surface area contributed by atoms with Crippen LogP contribution < -0.4 is 0 Å². The van der Waals surface area contributed by atoms with E-state index < -0.39 is 0 Å². The zero-order chi connectivity index (χ0) is 15.9. The summed E-state index contributed by atoms with van der Waals surface area (Å²) < 4.78 is 0. The van der Waals surface area contributed by atoms with E-state index >= 15 is 0 Å². The Kier molecular flexibility index (Phi) is 5.47. The van der Waals surface area contributed by atoms with Crippen molar-refractivity contribution in [1.82, 2.24) is 9.80 Å². The van der Waals surface area contributed by atoms with Gasteiger partial charge in [0.25, 0.3) is 0 Å². The van der Waals surface area contributed by atoms with Crippen LogP contribution in [0, 0.1) is 0 Å². The molecule has 0 N–H and O–H groups in total. The maximum atomic E-state index is 12.3. The van der Waals surface area contributed by atoms with Crippen molar-refractivity contribution in [2.75, 3.05) is 13.1 Å². The van der Waals surface area contributed by atoms with E-state index in [2.05, 4.69) is 6.58 Å². The topological polar surface area (TPSA) is 57.7 Å². The lowest BCUT2D eigenvalue weighted by Crippen LogP contribution is -2.36. The molecular weight excluding hydrogens is 280 g/mol. The number of likely N-dealkylation sites (tertiary alicyclic amines) is 1. The molecular formula is C17H20N2O3. The zero-order valence-corrected chi connectivity index (χ0v) is 12.5. The highest BCUT2D eigenvalue weighted by Gasteiger charge is 2.29. The van der Waals surface area contributed by atoms with Crippen LogP contribution in [0.2, 0.25) is 0 Å². The standard InChI is InChI=1S/C17H20N2O3/c1-2-11-18(13-14-6-4-3-5-7-14)15(20)10-12-19-16(21)8-9-17(19)22/h2-7H,1,8-13H2. The number of amides is 3. The Morgan fingerprint density at radius 1 is 1.18 bits per heavy atom.